The van der Waals surface area contributed by atoms with Crippen LogP contribution in [0.2, 0.25) is 5.02 Å². The largest absolute Gasteiger partial charge is 0.495 e. The Morgan fingerprint density at radius 1 is 1.38 bits per heavy atom. The van der Waals surface area contributed by atoms with E-state index < -0.39 is 11.6 Å². The van der Waals surface area contributed by atoms with Gasteiger partial charge in [0.05, 0.1) is 18.5 Å². The molecule has 0 saturated heterocycles. The molecule has 3 aromatic rings. The Morgan fingerprint density at radius 2 is 2.19 bits per heavy atom. The number of ether oxygens (including phenoxy) is 1. The van der Waals surface area contributed by atoms with Gasteiger partial charge in [-0.15, -0.1) is 0 Å². The number of aromatic amines is 1. The lowest BCUT2D eigenvalue weighted by molar-refractivity contribution is 0.262. The summed E-state index contributed by atoms with van der Waals surface area (Å²) in [5.74, 6) is 0.693. The first kappa shape index (κ1) is 17.7. The van der Waals surface area contributed by atoms with Crippen molar-refractivity contribution in [1.82, 2.24) is 19.6 Å². The fourth-order valence-corrected chi connectivity index (χ4v) is 2.66. The van der Waals surface area contributed by atoms with Gasteiger partial charge in [-0.25, -0.2) is 14.8 Å². The number of amides is 2. The maximum atomic E-state index is 12.6. The van der Waals surface area contributed by atoms with Crippen LogP contribution in [0.3, 0.4) is 0 Å². The highest BCUT2D eigenvalue weighted by Gasteiger charge is 2.17. The molecule has 9 nitrogen and oxygen atoms in total. The SMILES string of the molecule is CCCc1nc2nc[nH]n2c(=O)c1NC(=O)Nc1cc(Cl)ccc1OC. The molecule has 2 aromatic heterocycles. The molecule has 0 radical (unpaired) electrons. The van der Waals surface area contributed by atoms with Crippen LogP contribution in [0.5, 0.6) is 5.75 Å². The number of H-pyrrole nitrogens is 1. The molecular weight excluding hydrogens is 360 g/mol. The molecule has 0 atom stereocenters. The standard InChI is InChI=1S/C16H17ClN6O3/c1-3-4-10-13(14(24)23-15(20-10)18-8-19-23)22-16(25)21-11-7-9(17)5-6-12(11)26-2/h5-8H,3-4H2,1-2H3,(H,18,19,20)(H2,21,22,25). The average molecular weight is 377 g/mol. The summed E-state index contributed by atoms with van der Waals surface area (Å²) >= 11 is 5.96. The van der Waals surface area contributed by atoms with Crippen LogP contribution in [0.15, 0.2) is 29.3 Å². The highest BCUT2D eigenvalue weighted by Crippen LogP contribution is 2.27. The van der Waals surface area contributed by atoms with Gasteiger partial charge in [0.15, 0.2) is 0 Å². The number of nitrogens with one attached hydrogen (secondary N) is 3. The quantitative estimate of drug-likeness (QED) is 0.633. The van der Waals surface area contributed by atoms with Gasteiger partial charge < -0.3 is 15.4 Å². The van der Waals surface area contributed by atoms with Crippen molar-refractivity contribution in [3.05, 3.63) is 45.6 Å². The molecule has 0 bridgehead atoms. The Labute approximate surface area is 153 Å². The number of fused-ring (bicyclic) bond motifs is 1. The molecule has 0 spiro atoms. The Kier molecular flexibility index (Phi) is 5.08. The van der Waals surface area contributed by atoms with Gasteiger partial charge in [0, 0.05) is 5.02 Å². The first-order chi connectivity index (χ1) is 12.5. The summed E-state index contributed by atoms with van der Waals surface area (Å²) in [5.41, 5.74) is 0.499. The van der Waals surface area contributed by atoms with E-state index in [-0.39, 0.29) is 11.5 Å². The number of nitrogens with zero attached hydrogens (tertiary/aromatic N) is 3. The number of aromatic nitrogens is 4. The van der Waals surface area contributed by atoms with Crippen LogP contribution in [-0.4, -0.2) is 32.7 Å². The highest BCUT2D eigenvalue weighted by molar-refractivity contribution is 6.31. The number of methoxy groups -OCH3 is 1. The molecule has 0 aliphatic rings. The van der Waals surface area contributed by atoms with E-state index >= 15 is 0 Å². The van der Waals surface area contributed by atoms with Gasteiger partial charge in [0.1, 0.15) is 17.8 Å². The maximum absolute atomic E-state index is 12.6. The Balaban J connectivity index is 1.92. The van der Waals surface area contributed by atoms with Gasteiger partial charge in [-0.05, 0) is 24.6 Å². The molecular formula is C16H17ClN6O3. The second-order valence-corrected chi connectivity index (χ2v) is 5.87. The van der Waals surface area contributed by atoms with Crippen LogP contribution >= 0.6 is 11.6 Å². The minimum atomic E-state index is -0.610. The predicted octanol–water partition coefficient (Wildman–Crippen LogP) is 2.68. The second kappa shape index (κ2) is 7.44. The molecule has 0 unspecified atom stereocenters. The highest BCUT2D eigenvalue weighted by atomic mass is 35.5. The molecule has 0 saturated carbocycles. The number of aryl methyl sites for hydroxylation is 1. The normalized spacial score (nSPS) is 10.7. The number of benzene rings is 1. The number of anilines is 2. The number of hydrogen-bond donors (Lipinski definition) is 3. The first-order valence-electron chi connectivity index (χ1n) is 7.90. The van der Waals surface area contributed by atoms with Gasteiger partial charge in [-0.1, -0.05) is 24.9 Å². The minimum absolute atomic E-state index is 0.0899. The van der Waals surface area contributed by atoms with E-state index in [4.69, 9.17) is 16.3 Å². The molecule has 0 aliphatic carbocycles. The third-order valence-electron chi connectivity index (χ3n) is 3.64. The third-order valence-corrected chi connectivity index (χ3v) is 3.88. The first-order valence-corrected chi connectivity index (χ1v) is 8.27. The summed E-state index contributed by atoms with van der Waals surface area (Å²) in [6.07, 6.45) is 2.64. The van der Waals surface area contributed by atoms with Gasteiger partial charge >= 0.3 is 6.03 Å². The van der Waals surface area contributed by atoms with Gasteiger partial charge in [0.25, 0.3) is 11.3 Å². The summed E-state index contributed by atoms with van der Waals surface area (Å²) in [4.78, 5) is 33.3. The zero-order valence-corrected chi connectivity index (χ0v) is 14.9. The van der Waals surface area contributed by atoms with Gasteiger partial charge in [-0.2, -0.15) is 4.52 Å². The summed E-state index contributed by atoms with van der Waals surface area (Å²) in [6.45, 7) is 1.95. The molecule has 2 amide bonds. The number of hydrogen-bond acceptors (Lipinski definition) is 5. The molecule has 10 heteroatoms. The lowest BCUT2D eigenvalue weighted by atomic mass is 10.2. The minimum Gasteiger partial charge on any atom is -0.495 e. The number of halogens is 1. The zero-order chi connectivity index (χ0) is 18.7. The van der Waals surface area contributed by atoms with E-state index in [0.717, 1.165) is 10.9 Å². The Morgan fingerprint density at radius 3 is 2.92 bits per heavy atom. The van der Waals surface area contributed by atoms with Crippen LogP contribution in [0.1, 0.15) is 19.0 Å². The molecule has 1 aromatic carbocycles. The molecule has 2 heterocycles. The van der Waals surface area contributed by atoms with Gasteiger partial charge in [-0.3, -0.25) is 9.89 Å². The monoisotopic (exact) mass is 376 g/mol. The smallest absolute Gasteiger partial charge is 0.323 e. The fraction of sp³-hybridized carbons (Fsp3) is 0.250. The van der Waals surface area contributed by atoms with Crippen molar-refractivity contribution in [3.8, 4) is 5.75 Å². The van der Waals surface area contributed by atoms with E-state index in [2.05, 4.69) is 25.7 Å². The van der Waals surface area contributed by atoms with Crippen molar-refractivity contribution < 1.29 is 9.53 Å². The van der Waals surface area contributed by atoms with Gasteiger partial charge in [0.2, 0.25) is 0 Å². The lowest BCUT2D eigenvalue weighted by Gasteiger charge is -2.13. The summed E-state index contributed by atoms with van der Waals surface area (Å²) in [6, 6.07) is 4.22. The second-order valence-electron chi connectivity index (χ2n) is 5.44. The number of rotatable bonds is 5. The average Bonchev–Trinajstić information content (AvgIpc) is 3.07. The summed E-state index contributed by atoms with van der Waals surface area (Å²) in [7, 11) is 1.48. The number of carbonyl (C=O) groups excluding carboxylic acids is 1. The predicted molar refractivity (Wildman–Crippen MR) is 98.2 cm³/mol. The van der Waals surface area contributed by atoms with Crippen LogP contribution < -0.4 is 20.9 Å². The van der Waals surface area contributed by atoms with Crippen LogP contribution in [-0.2, 0) is 6.42 Å². The number of carbonyl (C=O) groups is 1. The van der Waals surface area contributed by atoms with E-state index in [1.165, 1.54) is 13.4 Å². The Bertz CT molecular complexity index is 1010. The third kappa shape index (κ3) is 3.47. The van der Waals surface area contributed by atoms with Crippen molar-refractivity contribution in [2.24, 2.45) is 0 Å². The maximum Gasteiger partial charge on any atom is 0.323 e. The van der Waals surface area contributed by atoms with Crippen molar-refractivity contribution in [2.45, 2.75) is 19.8 Å². The lowest BCUT2D eigenvalue weighted by Crippen LogP contribution is -2.28. The zero-order valence-electron chi connectivity index (χ0n) is 14.2. The van der Waals surface area contributed by atoms with Crippen molar-refractivity contribution in [1.29, 1.82) is 0 Å². The topological polar surface area (TPSA) is 113 Å². The van der Waals surface area contributed by atoms with E-state index in [0.29, 0.717) is 28.6 Å². The summed E-state index contributed by atoms with van der Waals surface area (Å²) in [5, 5.41) is 8.31. The molecule has 0 aliphatic heterocycles. The van der Waals surface area contributed by atoms with Crippen LogP contribution in [0.4, 0.5) is 16.2 Å². The van der Waals surface area contributed by atoms with E-state index in [1.54, 1.807) is 18.2 Å². The van der Waals surface area contributed by atoms with Crippen LogP contribution in [0, 0.1) is 0 Å². The van der Waals surface area contributed by atoms with Crippen molar-refractivity contribution in [2.75, 3.05) is 17.7 Å². The molecule has 0 fully saturated rings. The molecule has 136 valence electrons. The van der Waals surface area contributed by atoms with E-state index in [1.807, 2.05) is 6.92 Å². The fourth-order valence-electron chi connectivity index (χ4n) is 2.49. The van der Waals surface area contributed by atoms with Crippen LogP contribution in [0.25, 0.3) is 5.78 Å². The number of urea groups is 1. The summed E-state index contributed by atoms with van der Waals surface area (Å²) < 4.78 is 6.35. The molecule has 3 rings (SSSR count). The van der Waals surface area contributed by atoms with Crippen molar-refractivity contribution >= 4 is 34.8 Å². The van der Waals surface area contributed by atoms with E-state index in [9.17, 15) is 9.59 Å². The van der Waals surface area contributed by atoms with Crippen molar-refractivity contribution in [3.63, 3.8) is 0 Å². The molecule has 3 N–H and O–H groups in total. The Hall–Kier alpha value is -3.07. The molecule has 26 heavy (non-hydrogen) atoms.